The molecule has 0 unspecified atom stereocenters. The number of para-hydroxylation sites is 2. The molecular weight excluding hydrogens is 401 g/mol. The zero-order valence-electron chi connectivity index (χ0n) is 12.6. The largest absolute Gasteiger partial charge is 1.00 e. The second-order valence-corrected chi connectivity index (χ2v) is 7.59. The molecule has 0 radical (unpaired) electrons. The summed E-state index contributed by atoms with van der Waals surface area (Å²) in [6.07, 6.45) is -0.126. The van der Waals surface area contributed by atoms with Gasteiger partial charge in [0.1, 0.15) is 11.0 Å². The van der Waals surface area contributed by atoms with E-state index in [0.717, 1.165) is 11.0 Å². The molecular formula is C9H12F7LiN3O3PS. The minimum atomic E-state index is -10.7. The van der Waals surface area contributed by atoms with Crippen LogP contribution in [0.5, 0.6) is 0 Å². The quantitative estimate of drug-likeness (QED) is 0.345. The molecule has 2 aromatic rings. The predicted molar refractivity (Wildman–Crippen MR) is 74.5 cm³/mol. The molecule has 0 saturated carbocycles. The number of hydrogen-bond acceptors (Lipinski definition) is 4. The maximum Gasteiger partial charge on any atom is 1.00 e. The van der Waals surface area contributed by atoms with E-state index in [1.807, 2.05) is 24.3 Å². The number of halogens is 7. The zero-order valence-corrected chi connectivity index (χ0v) is 14.3. The van der Waals surface area contributed by atoms with Crippen molar-refractivity contribution in [2.75, 3.05) is 12.4 Å². The maximum absolute atomic E-state index is 11.1. The van der Waals surface area contributed by atoms with Crippen molar-refractivity contribution in [2.45, 2.75) is 6.42 Å². The molecule has 16 heteroatoms. The molecule has 0 atom stereocenters. The van der Waals surface area contributed by atoms with Crippen LogP contribution in [0.15, 0.2) is 24.3 Å². The normalized spacial score (nSPS) is 13.9. The summed E-state index contributed by atoms with van der Waals surface area (Å²) in [6, 6.07) is 7.70. The van der Waals surface area contributed by atoms with E-state index in [2.05, 4.69) is 15.4 Å². The Morgan fingerprint density at radius 1 is 1.00 bits per heavy atom. The van der Waals surface area contributed by atoms with Crippen molar-refractivity contribution in [1.29, 1.82) is 0 Å². The number of nitrogens with zero attached hydrogens (tertiary/aromatic N) is 2. The van der Waals surface area contributed by atoms with Crippen LogP contribution in [0, 0.1) is 0 Å². The Morgan fingerprint density at radius 2 is 1.36 bits per heavy atom. The fourth-order valence-electron chi connectivity index (χ4n) is 1.02. The van der Waals surface area contributed by atoms with Gasteiger partial charge in [0.15, 0.2) is 0 Å². The van der Waals surface area contributed by atoms with Gasteiger partial charge in [-0.1, -0.05) is 12.1 Å². The molecule has 0 bridgehead atoms. The number of benzene rings is 1. The number of aromatic amines is 1. The van der Waals surface area contributed by atoms with Crippen LogP contribution in [0.3, 0.4) is 0 Å². The Labute approximate surface area is 149 Å². The van der Waals surface area contributed by atoms with Crippen LogP contribution in [-0.4, -0.2) is 40.8 Å². The van der Waals surface area contributed by atoms with E-state index in [-0.39, 0.29) is 25.3 Å². The van der Waals surface area contributed by atoms with Gasteiger partial charge in [-0.05, 0) is 18.6 Å². The molecule has 0 saturated heterocycles. The average molecular weight is 413 g/mol. The van der Waals surface area contributed by atoms with Crippen LogP contribution in [0.25, 0.3) is 11.0 Å². The third-order valence-corrected chi connectivity index (χ3v) is 2.56. The minimum Gasteiger partial charge on any atom is -0.286 e. The van der Waals surface area contributed by atoms with Crippen molar-refractivity contribution in [1.82, 2.24) is 15.4 Å². The first kappa shape index (κ1) is 26.3. The Kier molecular flexibility index (Phi) is 9.08. The standard InChI is InChI=1S/C6H5N3.C3H7FO3S.F6P.Li/c1-2-4-6-5(3-1)7-9-8-6;4-2-1-3-8(5,6)7;1-7(2,3,4,5)6;/h1-4H,(H,7,8,9);1-3H2,(H,5,6,7);;/q;;-1;+1. The number of aromatic nitrogens is 3. The van der Waals surface area contributed by atoms with Gasteiger partial charge in [0.2, 0.25) is 0 Å². The van der Waals surface area contributed by atoms with Gasteiger partial charge >= 0.3 is 51.9 Å². The van der Waals surface area contributed by atoms with Crippen LogP contribution in [0.2, 0.25) is 0 Å². The summed E-state index contributed by atoms with van der Waals surface area (Å²) < 4.78 is 97.9. The zero-order chi connectivity index (χ0) is 19.1. The molecule has 142 valence electrons. The fourth-order valence-corrected chi connectivity index (χ4v) is 1.50. The molecule has 1 aromatic heterocycles. The summed E-state index contributed by atoms with van der Waals surface area (Å²) in [5.41, 5.74) is 1.83. The monoisotopic (exact) mass is 413 g/mol. The van der Waals surface area contributed by atoms with E-state index in [1.54, 1.807) is 0 Å². The smallest absolute Gasteiger partial charge is 0.286 e. The third kappa shape index (κ3) is 23.1. The second kappa shape index (κ2) is 8.64. The summed E-state index contributed by atoms with van der Waals surface area (Å²) in [6.45, 7) is -0.709. The molecule has 2 N–H and O–H groups in total. The first-order valence-electron chi connectivity index (χ1n) is 5.81. The van der Waals surface area contributed by atoms with Gasteiger partial charge in [-0.15, -0.1) is 0 Å². The van der Waals surface area contributed by atoms with Crippen molar-refractivity contribution in [2.24, 2.45) is 0 Å². The molecule has 6 nitrogen and oxygen atoms in total. The van der Waals surface area contributed by atoms with E-state index < -0.39 is 30.4 Å². The minimum absolute atomic E-state index is 0. The molecule has 0 spiro atoms. The number of nitrogens with one attached hydrogen (secondary N) is 1. The first-order valence-corrected chi connectivity index (χ1v) is 9.45. The Bertz CT molecular complexity index is 713. The van der Waals surface area contributed by atoms with Crippen LogP contribution < -0.4 is 18.9 Å². The molecule has 0 fully saturated rings. The molecule has 0 aliphatic carbocycles. The van der Waals surface area contributed by atoms with Crippen LogP contribution in [-0.2, 0) is 10.1 Å². The van der Waals surface area contributed by atoms with Gasteiger partial charge in [0, 0.05) is 0 Å². The number of hydrogen-bond donors (Lipinski definition) is 2. The Morgan fingerprint density at radius 3 is 1.60 bits per heavy atom. The van der Waals surface area contributed by atoms with Crippen LogP contribution >= 0.6 is 7.81 Å². The fraction of sp³-hybridized carbons (Fsp3) is 0.333. The summed E-state index contributed by atoms with van der Waals surface area (Å²) >= 11 is 0. The number of rotatable bonds is 3. The second-order valence-electron chi connectivity index (χ2n) is 4.10. The van der Waals surface area contributed by atoms with Crippen LogP contribution in [0.1, 0.15) is 6.42 Å². The van der Waals surface area contributed by atoms with Gasteiger partial charge in [-0.3, -0.25) is 8.94 Å². The molecule has 2 rings (SSSR count). The summed E-state index contributed by atoms with van der Waals surface area (Å²) in [7, 11) is -14.6. The van der Waals surface area contributed by atoms with Crippen molar-refractivity contribution in [3.05, 3.63) is 24.3 Å². The SMILES string of the molecule is F[P-](F)(F)(F)(F)F.O=S(=O)(O)CCCF.[Li+].c1ccc2n[nH]nc2c1. The number of H-pyrrole nitrogens is 1. The summed E-state index contributed by atoms with van der Waals surface area (Å²) in [4.78, 5) is 0. The Hall–Kier alpha value is -0.933. The molecule has 25 heavy (non-hydrogen) atoms. The van der Waals surface area contributed by atoms with Crippen molar-refractivity contribution >= 4 is 29.0 Å². The number of alkyl halides is 1. The van der Waals surface area contributed by atoms with E-state index in [1.165, 1.54) is 0 Å². The topological polar surface area (TPSA) is 95.9 Å². The van der Waals surface area contributed by atoms with Crippen molar-refractivity contribution in [3.63, 3.8) is 0 Å². The van der Waals surface area contributed by atoms with Crippen molar-refractivity contribution < 1.29 is 61.4 Å². The number of fused-ring (bicyclic) bond motifs is 1. The average Bonchev–Trinajstić information content (AvgIpc) is 2.80. The van der Waals surface area contributed by atoms with E-state index in [0.29, 0.717) is 0 Å². The van der Waals surface area contributed by atoms with Gasteiger partial charge in [0.25, 0.3) is 10.1 Å². The molecule has 0 aliphatic rings. The Balaban J connectivity index is 0. The van der Waals surface area contributed by atoms with Crippen LogP contribution in [0.4, 0.5) is 29.6 Å². The molecule has 0 aliphatic heterocycles. The van der Waals surface area contributed by atoms with E-state index in [4.69, 9.17) is 4.55 Å². The van der Waals surface area contributed by atoms with Gasteiger partial charge in [0.05, 0.1) is 12.4 Å². The van der Waals surface area contributed by atoms with Gasteiger partial charge < -0.3 is 0 Å². The predicted octanol–water partition coefficient (Wildman–Crippen LogP) is 1.58. The summed E-state index contributed by atoms with van der Waals surface area (Å²) in [5.74, 6) is -0.483. The van der Waals surface area contributed by atoms with Gasteiger partial charge in [-0.2, -0.15) is 23.8 Å². The van der Waals surface area contributed by atoms with Gasteiger partial charge in [-0.25, -0.2) is 0 Å². The van der Waals surface area contributed by atoms with E-state index >= 15 is 0 Å². The first-order chi connectivity index (χ1) is 10.5. The molecule has 1 heterocycles. The van der Waals surface area contributed by atoms with E-state index in [9.17, 15) is 38.0 Å². The summed E-state index contributed by atoms with van der Waals surface area (Å²) in [5, 5.41) is 10.3. The third-order valence-electron chi connectivity index (χ3n) is 1.76. The molecule has 0 amide bonds. The maximum atomic E-state index is 11.1. The molecule has 1 aromatic carbocycles. The van der Waals surface area contributed by atoms with Crippen molar-refractivity contribution in [3.8, 4) is 0 Å².